The molecular weight excluding hydrogens is 276 g/mol. The van der Waals surface area contributed by atoms with Crippen molar-refractivity contribution in [1.29, 1.82) is 0 Å². The molecule has 2 N–H and O–H groups in total. The van der Waals surface area contributed by atoms with Gasteiger partial charge in [-0.15, -0.1) is 0 Å². The van der Waals surface area contributed by atoms with Crippen molar-refractivity contribution in [3.05, 3.63) is 29.8 Å². The van der Waals surface area contributed by atoms with Gasteiger partial charge in [0.05, 0.1) is 17.1 Å². The zero-order chi connectivity index (χ0) is 15.3. The monoisotopic (exact) mass is 300 g/mol. The average Bonchev–Trinajstić information content (AvgIpc) is 2.38. The molecule has 3 atom stereocenters. The Morgan fingerprint density at radius 1 is 1.10 bits per heavy atom. The minimum atomic E-state index is -3.18. The van der Waals surface area contributed by atoms with E-state index in [-0.39, 0.29) is 5.92 Å². The summed E-state index contributed by atoms with van der Waals surface area (Å²) in [5.74, 6) is 0.0603. The lowest BCUT2D eigenvalue weighted by molar-refractivity contribution is 0.00637. The minimum Gasteiger partial charge on any atom is -0.390 e. The Labute approximate surface area is 121 Å². The Morgan fingerprint density at radius 3 is 2.10 bits per heavy atom. The third-order valence-electron chi connectivity index (χ3n) is 3.50. The van der Waals surface area contributed by atoms with Crippen LogP contribution < -0.4 is 0 Å². The molecule has 0 bridgehead atoms. The van der Waals surface area contributed by atoms with Gasteiger partial charge in [0, 0.05) is 6.26 Å². The first kappa shape index (κ1) is 17.1. The number of aliphatic hydroxyl groups is 2. The van der Waals surface area contributed by atoms with Gasteiger partial charge in [-0.1, -0.05) is 32.4 Å². The lowest BCUT2D eigenvalue weighted by Gasteiger charge is -2.21. The summed E-state index contributed by atoms with van der Waals surface area (Å²) < 4.78 is 22.8. The Morgan fingerprint density at radius 2 is 1.65 bits per heavy atom. The zero-order valence-corrected chi connectivity index (χ0v) is 13.1. The standard InChI is InChI=1S/C15H24O4S/c1-4-5-14(16)15(17)10-11(2)12-6-8-13(9-7-12)20(3,18)19/h6-9,11,14-17H,4-5,10H2,1-3H3. The molecule has 5 heteroatoms. The summed E-state index contributed by atoms with van der Waals surface area (Å²) >= 11 is 0. The maximum absolute atomic E-state index is 11.4. The van der Waals surface area contributed by atoms with Crippen LogP contribution in [0.2, 0.25) is 0 Å². The molecule has 4 nitrogen and oxygen atoms in total. The quantitative estimate of drug-likeness (QED) is 0.808. The largest absolute Gasteiger partial charge is 0.390 e. The van der Waals surface area contributed by atoms with E-state index in [2.05, 4.69) is 0 Å². The minimum absolute atomic E-state index is 0.0603. The van der Waals surface area contributed by atoms with Crippen LogP contribution in [0.4, 0.5) is 0 Å². The van der Waals surface area contributed by atoms with Crippen LogP contribution >= 0.6 is 0 Å². The number of hydrogen-bond acceptors (Lipinski definition) is 4. The average molecular weight is 300 g/mol. The Balaban J connectivity index is 2.71. The lowest BCUT2D eigenvalue weighted by Crippen LogP contribution is -2.27. The molecule has 0 saturated carbocycles. The highest BCUT2D eigenvalue weighted by molar-refractivity contribution is 7.90. The normalized spacial score (nSPS) is 16.6. The first-order valence-corrected chi connectivity index (χ1v) is 8.81. The van der Waals surface area contributed by atoms with Gasteiger partial charge in [-0.3, -0.25) is 0 Å². The second kappa shape index (κ2) is 7.20. The van der Waals surface area contributed by atoms with Crippen molar-refractivity contribution >= 4 is 9.84 Å². The summed E-state index contributed by atoms with van der Waals surface area (Å²) in [7, 11) is -3.18. The SMILES string of the molecule is CCCC(O)C(O)CC(C)c1ccc(S(C)(=O)=O)cc1. The first-order chi connectivity index (χ1) is 9.25. The van der Waals surface area contributed by atoms with Crippen LogP contribution in [0.1, 0.15) is 44.6 Å². The molecule has 0 aliphatic heterocycles. The summed E-state index contributed by atoms with van der Waals surface area (Å²) in [6.07, 6.45) is 1.60. The first-order valence-electron chi connectivity index (χ1n) is 6.91. The van der Waals surface area contributed by atoms with E-state index >= 15 is 0 Å². The van der Waals surface area contributed by atoms with E-state index < -0.39 is 22.0 Å². The molecule has 0 fully saturated rings. The second-order valence-corrected chi connectivity index (χ2v) is 7.42. The fourth-order valence-corrected chi connectivity index (χ4v) is 2.82. The van der Waals surface area contributed by atoms with Crippen molar-refractivity contribution in [2.45, 2.75) is 56.1 Å². The molecule has 1 aromatic carbocycles. The van der Waals surface area contributed by atoms with Gasteiger partial charge in [0.2, 0.25) is 0 Å². The van der Waals surface area contributed by atoms with E-state index in [1.807, 2.05) is 13.8 Å². The van der Waals surface area contributed by atoms with Crippen molar-refractivity contribution in [3.8, 4) is 0 Å². The number of hydrogen-bond donors (Lipinski definition) is 2. The predicted molar refractivity (Wildman–Crippen MR) is 79.5 cm³/mol. The van der Waals surface area contributed by atoms with Crippen molar-refractivity contribution < 1.29 is 18.6 Å². The van der Waals surface area contributed by atoms with E-state index in [9.17, 15) is 18.6 Å². The lowest BCUT2D eigenvalue weighted by atomic mass is 9.92. The molecule has 0 heterocycles. The van der Waals surface area contributed by atoms with Crippen LogP contribution in [-0.2, 0) is 9.84 Å². The highest BCUT2D eigenvalue weighted by Gasteiger charge is 2.19. The molecule has 0 aliphatic carbocycles. The zero-order valence-electron chi connectivity index (χ0n) is 12.3. The van der Waals surface area contributed by atoms with E-state index in [4.69, 9.17) is 0 Å². The van der Waals surface area contributed by atoms with Crippen LogP contribution in [0.15, 0.2) is 29.2 Å². The van der Waals surface area contributed by atoms with Gasteiger partial charge in [0.1, 0.15) is 0 Å². The molecule has 3 unspecified atom stereocenters. The smallest absolute Gasteiger partial charge is 0.175 e. The molecule has 1 aromatic rings. The maximum atomic E-state index is 11.4. The second-order valence-electron chi connectivity index (χ2n) is 5.40. The van der Waals surface area contributed by atoms with Gasteiger partial charge in [-0.2, -0.15) is 0 Å². The van der Waals surface area contributed by atoms with Crippen LogP contribution in [0.3, 0.4) is 0 Å². The summed E-state index contributed by atoms with van der Waals surface area (Å²) in [6.45, 7) is 3.92. The van der Waals surface area contributed by atoms with Gasteiger partial charge in [-0.05, 0) is 36.5 Å². The number of benzene rings is 1. The third kappa shape index (κ3) is 4.89. The molecular formula is C15H24O4S. The van der Waals surface area contributed by atoms with E-state index in [1.165, 1.54) is 6.26 Å². The molecule has 0 amide bonds. The van der Waals surface area contributed by atoms with Crippen molar-refractivity contribution in [2.75, 3.05) is 6.26 Å². The van der Waals surface area contributed by atoms with Crippen molar-refractivity contribution in [1.82, 2.24) is 0 Å². The van der Waals surface area contributed by atoms with Crippen LogP contribution in [0.25, 0.3) is 0 Å². The van der Waals surface area contributed by atoms with Crippen molar-refractivity contribution in [2.24, 2.45) is 0 Å². The molecule has 0 aromatic heterocycles. The Kier molecular flexibility index (Phi) is 6.17. The summed E-state index contributed by atoms with van der Waals surface area (Å²) in [5, 5.41) is 19.7. The molecule has 0 aliphatic rings. The predicted octanol–water partition coefficient (Wildman–Crippen LogP) is 2.11. The van der Waals surface area contributed by atoms with Crippen molar-refractivity contribution in [3.63, 3.8) is 0 Å². The molecule has 1 rings (SSSR count). The van der Waals surface area contributed by atoms with Crippen LogP contribution in [0, 0.1) is 0 Å². The fraction of sp³-hybridized carbons (Fsp3) is 0.600. The Bertz CT molecular complexity index is 507. The fourth-order valence-electron chi connectivity index (χ4n) is 2.19. The third-order valence-corrected chi connectivity index (χ3v) is 4.63. The highest BCUT2D eigenvalue weighted by atomic mass is 32.2. The van der Waals surface area contributed by atoms with Gasteiger partial charge in [-0.25, -0.2) is 8.42 Å². The summed E-state index contributed by atoms with van der Waals surface area (Å²) in [4.78, 5) is 0.292. The van der Waals surface area contributed by atoms with Gasteiger partial charge in [0.25, 0.3) is 0 Å². The number of rotatable bonds is 7. The number of aliphatic hydroxyl groups excluding tert-OH is 2. The maximum Gasteiger partial charge on any atom is 0.175 e. The topological polar surface area (TPSA) is 74.6 Å². The molecule has 0 saturated heterocycles. The van der Waals surface area contributed by atoms with Gasteiger partial charge >= 0.3 is 0 Å². The van der Waals surface area contributed by atoms with E-state index in [1.54, 1.807) is 24.3 Å². The van der Waals surface area contributed by atoms with Crippen LogP contribution in [-0.4, -0.2) is 37.1 Å². The molecule has 20 heavy (non-hydrogen) atoms. The highest BCUT2D eigenvalue weighted by Crippen LogP contribution is 2.24. The van der Waals surface area contributed by atoms with Crippen LogP contribution in [0.5, 0.6) is 0 Å². The molecule has 0 spiro atoms. The summed E-state index contributed by atoms with van der Waals surface area (Å²) in [5.41, 5.74) is 0.958. The Hall–Kier alpha value is -0.910. The molecule has 114 valence electrons. The van der Waals surface area contributed by atoms with E-state index in [0.29, 0.717) is 17.7 Å². The molecule has 0 radical (unpaired) electrons. The van der Waals surface area contributed by atoms with Gasteiger partial charge in [0.15, 0.2) is 9.84 Å². The summed E-state index contributed by atoms with van der Waals surface area (Å²) in [6, 6.07) is 6.69. The van der Waals surface area contributed by atoms with Gasteiger partial charge < -0.3 is 10.2 Å². The van der Waals surface area contributed by atoms with E-state index in [0.717, 1.165) is 12.0 Å². The number of sulfone groups is 1.